The maximum atomic E-state index is 10.3. The van der Waals surface area contributed by atoms with Gasteiger partial charge in [0, 0.05) is 17.3 Å². The van der Waals surface area contributed by atoms with Crippen molar-refractivity contribution in [2.75, 3.05) is 11.5 Å². The summed E-state index contributed by atoms with van der Waals surface area (Å²) in [5.74, 6) is 2.38. The van der Waals surface area contributed by atoms with Crippen LogP contribution in [0, 0.1) is 4.91 Å². The lowest BCUT2D eigenvalue weighted by Crippen LogP contribution is -2.28. The number of unbranched alkanes of at least 4 members (excludes halogenated alkanes) is 2. The molecule has 3 nitrogen and oxygen atoms in total. The Morgan fingerprint density at radius 2 is 1.62 bits per heavy atom. The summed E-state index contributed by atoms with van der Waals surface area (Å²) in [4.78, 5) is 15.3. The highest BCUT2D eigenvalue weighted by atomic mass is 32.2. The number of rotatable bonds is 11. The van der Waals surface area contributed by atoms with E-state index in [0.717, 1.165) is 12.8 Å². The fraction of sp³-hybridized carbons (Fsp3) is 1.00. The van der Waals surface area contributed by atoms with Crippen LogP contribution in [0.2, 0.25) is 0 Å². The molecule has 0 aliphatic carbocycles. The minimum Gasteiger partial charge on any atom is -0.309 e. The van der Waals surface area contributed by atoms with E-state index < -0.39 is 0 Å². The lowest BCUT2D eigenvalue weighted by molar-refractivity contribution is 0.108. The van der Waals surface area contributed by atoms with Crippen LogP contribution >= 0.6 is 0 Å². The Kier molecular flexibility index (Phi) is 11.1. The van der Waals surface area contributed by atoms with Gasteiger partial charge in [-0.15, -0.1) is 4.91 Å². The minimum absolute atomic E-state index is 0.0700. The Balaban J connectivity index is 4.20. The third-order valence-corrected chi connectivity index (χ3v) is 5.27. The molecule has 0 saturated heterocycles. The van der Waals surface area contributed by atoms with Crippen molar-refractivity contribution >= 4 is 10.9 Å². The Bertz CT molecular complexity index is 159. The molecule has 0 rings (SSSR count). The Morgan fingerprint density at radius 3 is 2.00 bits per heavy atom. The predicted octanol–water partition coefficient (Wildman–Crippen LogP) is 4.03. The molecule has 0 N–H and O–H groups in total. The van der Waals surface area contributed by atoms with Crippen molar-refractivity contribution in [3.05, 3.63) is 4.91 Å². The van der Waals surface area contributed by atoms with Gasteiger partial charge in [0.15, 0.2) is 5.34 Å². The van der Waals surface area contributed by atoms with Crippen molar-refractivity contribution in [1.29, 1.82) is 0 Å². The first-order valence-corrected chi connectivity index (χ1v) is 8.07. The molecule has 0 aromatic heterocycles. The van der Waals surface area contributed by atoms with Crippen LogP contribution in [0.15, 0.2) is 5.34 Å². The van der Waals surface area contributed by atoms with E-state index >= 15 is 0 Å². The van der Waals surface area contributed by atoms with E-state index in [1.807, 2.05) is 0 Å². The van der Waals surface area contributed by atoms with E-state index in [1.54, 1.807) is 0 Å². The van der Waals surface area contributed by atoms with Crippen LogP contribution in [0.4, 0.5) is 0 Å². The monoisotopic (exact) mass is 248 g/mol. The van der Waals surface area contributed by atoms with Crippen LogP contribution in [0.1, 0.15) is 59.3 Å². The molecule has 0 aliphatic heterocycles. The summed E-state index contributed by atoms with van der Waals surface area (Å²) >= 11 is 0. The SMILES string of the molecule is CCCC[S+](CCCC)C(CCC)ON=O. The fourth-order valence-electron chi connectivity index (χ4n) is 1.59. The van der Waals surface area contributed by atoms with Crippen LogP contribution in [-0.2, 0) is 15.7 Å². The molecule has 16 heavy (non-hydrogen) atoms. The summed E-state index contributed by atoms with van der Waals surface area (Å²) in [7, 11) is 0.222. The average Bonchev–Trinajstić information content (AvgIpc) is 2.29. The molecule has 0 amide bonds. The van der Waals surface area contributed by atoms with Gasteiger partial charge in [-0.05, 0) is 19.3 Å². The third kappa shape index (κ3) is 7.09. The van der Waals surface area contributed by atoms with Crippen LogP contribution < -0.4 is 0 Å². The largest absolute Gasteiger partial charge is 0.309 e. The summed E-state index contributed by atoms with van der Waals surface area (Å²) in [5, 5.41) is 2.65. The number of nitrogens with zero attached hydrogens (tertiary/aromatic N) is 1. The first kappa shape index (κ1) is 15.8. The molecule has 0 fully saturated rings. The van der Waals surface area contributed by atoms with E-state index in [9.17, 15) is 4.91 Å². The zero-order chi connectivity index (χ0) is 12.2. The van der Waals surface area contributed by atoms with Crippen molar-refractivity contribution in [3.8, 4) is 0 Å². The highest BCUT2D eigenvalue weighted by Gasteiger charge is 2.31. The van der Waals surface area contributed by atoms with E-state index in [0.29, 0.717) is 0 Å². The topological polar surface area (TPSA) is 38.7 Å². The molecule has 0 saturated carbocycles. The standard InChI is InChI=1S/C12H26NO2S/c1-4-7-10-16(11-8-5-2)12(9-6-3)15-13-14/h12H,4-11H2,1-3H3/q+1. The first-order chi connectivity index (χ1) is 7.79. The molecular formula is C12H26NO2S+. The molecule has 96 valence electrons. The minimum atomic E-state index is 0.0700. The van der Waals surface area contributed by atoms with Gasteiger partial charge in [0.25, 0.3) is 5.44 Å². The Morgan fingerprint density at radius 1 is 1.06 bits per heavy atom. The second-order valence-electron chi connectivity index (χ2n) is 4.05. The number of hydrogen-bond donors (Lipinski definition) is 0. The highest BCUT2D eigenvalue weighted by Crippen LogP contribution is 2.18. The summed E-state index contributed by atoms with van der Waals surface area (Å²) in [6.45, 7) is 6.53. The highest BCUT2D eigenvalue weighted by molar-refractivity contribution is 7.97. The Labute approximate surface area is 103 Å². The van der Waals surface area contributed by atoms with Gasteiger partial charge in [0.05, 0.1) is 0 Å². The zero-order valence-electron chi connectivity index (χ0n) is 10.9. The second kappa shape index (κ2) is 11.2. The lowest BCUT2D eigenvalue weighted by Gasteiger charge is -2.15. The molecule has 1 atom stereocenters. The van der Waals surface area contributed by atoms with Gasteiger partial charge in [-0.2, -0.15) is 0 Å². The van der Waals surface area contributed by atoms with Gasteiger partial charge < -0.3 is 4.84 Å². The van der Waals surface area contributed by atoms with Crippen molar-refractivity contribution in [2.45, 2.75) is 64.7 Å². The van der Waals surface area contributed by atoms with Crippen molar-refractivity contribution in [3.63, 3.8) is 0 Å². The van der Waals surface area contributed by atoms with Gasteiger partial charge in [-0.3, -0.25) is 0 Å². The van der Waals surface area contributed by atoms with Crippen LogP contribution in [0.25, 0.3) is 0 Å². The molecule has 4 heteroatoms. The van der Waals surface area contributed by atoms with Crippen molar-refractivity contribution in [2.24, 2.45) is 5.34 Å². The fourth-order valence-corrected chi connectivity index (χ4v) is 4.36. The maximum absolute atomic E-state index is 10.3. The van der Waals surface area contributed by atoms with Crippen LogP contribution in [0.5, 0.6) is 0 Å². The van der Waals surface area contributed by atoms with Crippen LogP contribution in [-0.4, -0.2) is 16.9 Å². The van der Waals surface area contributed by atoms with Gasteiger partial charge in [0.2, 0.25) is 0 Å². The van der Waals surface area contributed by atoms with Crippen molar-refractivity contribution < 1.29 is 4.84 Å². The second-order valence-corrected chi connectivity index (χ2v) is 6.47. The number of hydrogen-bond acceptors (Lipinski definition) is 3. The molecule has 1 unspecified atom stereocenters. The summed E-state index contributed by atoms with van der Waals surface area (Å²) < 4.78 is 0. The molecule has 0 spiro atoms. The van der Waals surface area contributed by atoms with Gasteiger partial charge in [0.1, 0.15) is 11.5 Å². The molecule has 0 aromatic rings. The van der Waals surface area contributed by atoms with Gasteiger partial charge in [-0.1, -0.05) is 33.6 Å². The van der Waals surface area contributed by atoms with Gasteiger partial charge >= 0.3 is 0 Å². The summed E-state index contributed by atoms with van der Waals surface area (Å²) in [5.41, 5.74) is 0.0700. The van der Waals surface area contributed by atoms with Gasteiger partial charge in [-0.25, -0.2) is 0 Å². The molecular weight excluding hydrogens is 222 g/mol. The quantitative estimate of drug-likeness (QED) is 0.314. The zero-order valence-corrected chi connectivity index (χ0v) is 11.7. The van der Waals surface area contributed by atoms with E-state index in [-0.39, 0.29) is 16.3 Å². The van der Waals surface area contributed by atoms with E-state index in [2.05, 4.69) is 26.1 Å². The molecule has 0 bridgehead atoms. The van der Waals surface area contributed by atoms with E-state index in [4.69, 9.17) is 4.84 Å². The normalized spacial score (nSPS) is 12.8. The predicted molar refractivity (Wildman–Crippen MR) is 72.5 cm³/mol. The molecule has 0 radical (unpaired) electrons. The average molecular weight is 248 g/mol. The Hall–Kier alpha value is -0.250. The summed E-state index contributed by atoms with van der Waals surface area (Å²) in [6.07, 6.45) is 6.90. The van der Waals surface area contributed by atoms with Crippen LogP contribution in [0.3, 0.4) is 0 Å². The molecule has 0 heterocycles. The smallest absolute Gasteiger partial charge is 0.284 e. The first-order valence-electron chi connectivity index (χ1n) is 6.44. The maximum Gasteiger partial charge on any atom is 0.284 e. The molecule has 0 aliphatic rings. The van der Waals surface area contributed by atoms with E-state index in [1.165, 1.54) is 37.2 Å². The lowest BCUT2D eigenvalue weighted by atomic mass is 10.4. The summed E-state index contributed by atoms with van der Waals surface area (Å²) in [6, 6.07) is 0. The van der Waals surface area contributed by atoms with Crippen molar-refractivity contribution in [1.82, 2.24) is 0 Å². The third-order valence-electron chi connectivity index (χ3n) is 2.58. The molecule has 0 aromatic carbocycles.